The van der Waals surface area contributed by atoms with Crippen LogP contribution in [0.1, 0.15) is 28.8 Å². The summed E-state index contributed by atoms with van der Waals surface area (Å²) in [5.74, 6) is -0.248. The van der Waals surface area contributed by atoms with Crippen LogP contribution < -0.4 is 10.6 Å². The lowest BCUT2D eigenvalue weighted by Crippen LogP contribution is -2.54. The molecule has 1 fully saturated rings. The molecule has 110 valence electrons. The van der Waals surface area contributed by atoms with E-state index in [0.29, 0.717) is 12.0 Å². The van der Waals surface area contributed by atoms with Crippen LogP contribution in [0.2, 0.25) is 0 Å². The molecule has 0 saturated carbocycles. The van der Waals surface area contributed by atoms with Crippen molar-refractivity contribution < 1.29 is 18.0 Å². The molecule has 0 spiro atoms. The topological polar surface area (TPSA) is 41.1 Å². The summed E-state index contributed by atoms with van der Waals surface area (Å²) in [4.78, 5) is 11.9. The maximum absolute atomic E-state index is 12.5. The zero-order valence-corrected chi connectivity index (χ0v) is 11.1. The highest BCUT2D eigenvalue weighted by Gasteiger charge is 2.41. The number of benzene rings is 1. The molecule has 1 amide bonds. The van der Waals surface area contributed by atoms with Gasteiger partial charge in [0.15, 0.2) is 0 Å². The first kappa shape index (κ1) is 14.8. The Morgan fingerprint density at radius 2 is 1.90 bits per heavy atom. The molecule has 1 heterocycles. The SMILES string of the molecule is Cc1ccc(C(=O)NC2CCC(C(F)(F)F)NC2)cc1. The largest absolute Gasteiger partial charge is 0.403 e. The molecule has 0 bridgehead atoms. The quantitative estimate of drug-likeness (QED) is 0.876. The van der Waals surface area contributed by atoms with E-state index in [0.717, 1.165) is 5.56 Å². The number of alkyl halides is 3. The van der Waals surface area contributed by atoms with Crippen LogP contribution in [0.4, 0.5) is 13.2 Å². The molecule has 0 aromatic heterocycles. The smallest absolute Gasteiger partial charge is 0.348 e. The summed E-state index contributed by atoms with van der Waals surface area (Å²) in [5.41, 5.74) is 1.57. The van der Waals surface area contributed by atoms with Gasteiger partial charge in [0, 0.05) is 18.2 Å². The van der Waals surface area contributed by atoms with Crippen molar-refractivity contribution in [2.75, 3.05) is 6.54 Å². The first-order valence-electron chi connectivity index (χ1n) is 6.54. The number of hydrogen-bond donors (Lipinski definition) is 2. The van der Waals surface area contributed by atoms with Crippen LogP contribution in [-0.2, 0) is 0 Å². The molecule has 1 aliphatic rings. The molecule has 2 N–H and O–H groups in total. The van der Waals surface area contributed by atoms with Gasteiger partial charge in [0.1, 0.15) is 6.04 Å². The van der Waals surface area contributed by atoms with E-state index in [4.69, 9.17) is 0 Å². The second-order valence-corrected chi connectivity index (χ2v) is 5.12. The summed E-state index contributed by atoms with van der Waals surface area (Å²) in [7, 11) is 0. The first-order valence-corrected chi connectivity index (χ1v) is 6.54. The summed E-state index contributed by atoms with van der Waals surface area (Å²) in [6.45, 7) is 2.06. The fraction of sp³-hybridized carbons (Fsp3) is 0.500. The van der Waals surface area contributed by atoms with Crippen LogP contribution in [0.3, 0.4) is 0 Å². The number of halogens is 3. The van der Waals surface area contributed by atoms with Crippen molar-refractivity contribution in [3.63, 3.8) is 0 Å². The third-order valence-corrected chi connectivity index (χ3v) is 3.46. The molecular weight excluding hydrogens is 269 g/mol. The van der Waals surface area contributed by atoms with Crippen LogP contribution in [-0.4, -0.2) is 30.7 Å². The van der Waals surface area contributed by atoms with E-state index < -0.39 is 12.2 Å². The fourth-order valence-corrected chi connectivity index (χ4v) is 2.23. The Labute approximate surface area is 115 Å². The Morgan fingerprint density at radius 3 is 2.40 bits per heavy atom. The minimum atomic E-state index is -4.22. The minimum absolute atomic E-state index is 0.0116. The van der Waals surface area contributed by atoms with Gasteiger partial charge in [-0.25, -0.2) is 0 Å². The van der Waals surface area contributed by atoms with E-state index in [1.54, 1.807) is 12.1 Å². The number of piperidine rings is 1. The Bertz CT molecular complexity index is 462. The average molecular weight is 286 g/mol. The molecule has 1 saturated heterocycles. The van der Waals surface area contributed by atoms with E-state index >= 15 is 0 Å². The van der Waals surface area contributed by atoms with Gasteiger partial charge in [-0.15, -0.1) is 0 Å². The monoisotopic (exact) mass is 286 g/mol. The fourth-order valence-electron chi connectivity index (χ4n) is 2.23. The Hall–Kier alpha value is -1.56. The van der Waals surface area contributed by atoms with Crippen LogP contribution in [0.15, 0.2) is 24.3 Å². The predicted molar refractivity (Wildman–Crippen MR) is 69.5 cm³/mol. The summed E-state index contributed by atoms with van der Waals surface area (Å²) in [6.07, 6.45) is -3.90. The van der Waals surface area contributed by atoms with Crippen molar-refractivity contribution in [3.8, 4) is 0 Å². The van der Waals surface area contributed by atoms with Gasteiger partial charge in [0.25, 0.3) is 5.91 Å². The first-order chi connectivity index (χ1) is 9.36. The number of aryl methyl sites for hydroxylation is 1. The third kappa shape index (κ3) is 3.72. The predicted octanol–water partition coefficient (Wildman–Crippen LogP) is 2.41. The molecule has 1 aliphatic heterocycles. The molecule has 0 radical (unpaired) electrons. The molecule has 2 unspecified atom stereocenters. The standard InChI is InChI=1S/C14H17F3N2O/c1-9-2-4-10(5-3-9)13(20)19-11-6-7-12(18-8-11)14(15,16)17/h2-5,11-12,18H,6-8H2,1H3,(H,19,20). The summed E-state index contributed by atoms with van der Waals surface area (Å²) < 4.78 is 37.5. The lowest BCUT2D eigenvalue weighted by molar-refractivity contribution is -0.160. The van der Waals surface area contributed by atoms with Gasteiger partial charge in [-0.2, -0.15) is 13.2 Å². The summed E-state index contributed by atoms with van der Waals surface area (Å²) in [6, 6.07) is 5.35. The maximum atomic E-state index is 12.5. The van der Waals surface area contributed by atoms with E-state index in [2.05, 4.69) is 10.6 Å². The zero-order chi connectivity index (χ0) is 14.8. The molecule has 1 aromatic rings. The number of hydrogen-bond acceptors (Lipinski definition) is 2. The minimum Gasteiger partial charge on any atom is -0.348 e. The number of carbonyl (C=O) groups excluding carboxylic acids is 1. The van der Waals surface area contributed by atoms with E-state index in [-0.39, 0.29) is 24.9 Å². The van der Waals surface area contributed by atoms with Crippen LogP contribution in [0, 0.1) is 6.92 Å². The molecule has 2 atom stereocenters. The summed E-state index contributed by atoms with van der Waals surface area (Å²) in [5, 5.41) is 5.19. The maximum Gasteiger partial charge on any atom is 0.403 e. The number of rotatable bonds is 2. The van der Waals surface area contributed by atoms with Gasteiger partial charge >= 0.3 is 6.18 Å². The van der Waals surface area contributed by atoms with Gasteiger partial charge in [-0.1, -0.05) is 17.7 Å². The Balaban J connectivity index is 1.86. The van der Waals surface area contributed by atoms with Crippen LogP contribution in [0.5, 0.6) is 0 Å². The number of carbonyl (C=O) groups is 1. The highest BCUT2D eigenvalue weighted by atomic mass is 19.4. The van der Waals surface area contributed by atoms with E-state index in [1.807, 2.05) is 19.1 Å². The Kier molecular flexibility index (Phi) is 4.32. The van der Waals surface area contributed by atoms with Gasteiger partial charge < -0.3 is 10.6 Å². The number of nitrogens with one attached hydrogen (secondary N) is 2. The van der Waals surface area contributed by atoms with Crippen molar-refractivity contribution in [2.24, 2.45) is 0 Å². The van der Waals surface area contributed by atoms with Crippen molar-refractivity contribution in [1.82, 2.24) is 10.6 Å². The molecular formula is C14H17F3N2O. The van der Waals surface area contributed by atoms with Crippen LogP contribution in [0.25, 0.3) is 0 Å². The zero-order valence-electron chi connectivity index (χ0n) is 11.1. The second kappa shape index (κ2) is 5.83. The van der Waals surface area contributed by atoms with Crippen LogP contribution >= 0.6 is 0 Å². The highest BCUT2D eigenvalue weighted by molar-refractivity contribution is 5.94. The van der Waals surface area contributed by atoms with Crippen molar-refractivity contribution in [2.45, 2.75) is 38.0 Å². The average Bonchev–Trinajstić information content (AvgIpc) is 2.39. The molecule has 1 aromatic carbocycles. The van der Waals surface area contributed by atoms with Crippen molar-refractivity contribution in [3.05, 3.63) is 35.4 Å². The Morgan fingerprint density at radius 1 is 1.25 bits per heavy atom. The lowest BCUT2D eigenvalue weighted by Gasteiger charge is -2.31. The highest BCUT2D eigenvalue weighted by Crippen LogP contribution is 2.26. The second-order valence-electron chi connectivity index (χ2n) is 5.12. The molecule has 6 heteroatoms. The summed E-state index contributed by atoms with van der Waals surface area (Å²) >= 11 is 0. The van der Waals surface area contributed by atoms with Gasteiger partial charge in [0.05, 0.1) is 0 Å². The van der Waals surface area contributed by atoms with E-state index in [1.165, 1.54) is 0 Å². The van der Waals surface area contributed by atoms with Gasteiger partial charge in [-0.3, -0.25) is 4.79 Å². The molecule has 3 nitrogen and oxygen atoms in total. The normalized spacial score (nSPS) is 23.4. The van der Waals surface area contributed by atoms with E-state index in [9.17, 15) is 18.0 Å². The van der Waals surface area contributed by atoms with Gasteiger partial charge in [0.2, 0.25) is 0 Å². The molecule has 20 heavy (non-hydrogen) atoms. The van der Waals surface area contributed by atoms with Crippen molar-refractivity contribution >= 4 is 5.91 Å². The molecule has 2 rings (SSSR count). The van der Waals surface area contributed by atoms with Crippen molar-refractivity contribution in [1.29, 1.82) is 0 Å². The van der Waals surface area contributed by atoms with Gasteiger partial charge in [-0.05, 0) is 31.9 Å². The molecule has 0 aliphatic carbocycles. The third-order valence-electron chi connectivity index (χ3n) is 3.46. The lowest BCUT2D eigenvalue weighted by atomic mass is 10.00. The number of amides is 1.